The second-order valence-electron chi connectivity index (χ2n) is 11.0. The molecule has 0 aromatic heterocycles. The first-order valence-electron chi connectivity index (χ1n) is 13.6. The molecule has 0 spiro atoms. The van der Waals surface area contributed by atoms with Gasteiger partial charge in [0.2, 0.25) is 11.8 Å². The van der Waals surface area contributed by atoms with Crippen molar-refractivity contribution in [2.45, 2.75) is 18.8 Å². The zero-order valence-electron chi connectivity index (χ0n) is 22.9. The summed E-state index contributed by atoms with van der Waals surface area (Å²) in [4.78, 5) is 42.8. The van der Waals surface area contributed by atoms with Crippen LogP contribution in [0.1, 0.15) is 51.4 Å². The van der Waals surface area contributed by atoms with E-state index in [4.69, 9.17) is 9.47 Å². The van der Waals surface area contributed by atoms with Crippen molar-refractivity contribution in [2.75, 3.05) is 24.4 Å². The Morgan fingerprint density at radius 2 is 1.41 bits per heavy atom. The summed E-state index contributed by atoms with van der Waals surface area (Å²) in [7, 11) is 3.08. The van der Waals surface area contributed by atoms with E-state index in [0.29, 0.717) is 28.4 Å². The molecule has 7 heteroatoms. The van der Waals surface area contributed by atoms with E-state index in [-0.39, 0.29) is 29.6 Å². The lowest BCUT2D eigenvalue weighted by Gasteiger charge is -2.51. The second-order valence-corrected chi connectivity index (χ2v) is 11.0. The molecule has 2 atom stereocenters. The zero-order chi connectivity index (χ0) is 28.5. The molecule has 3 amide bonds. The number of anilines is 2. The van der Waals surface area contributed by atoms with Gasteiger partial charge in [0.1, 0.15) is 11.5 Å². The lowest BCUT2D eigenvalue weighted by molar-refractivity contribution is -0.128. The Kier molecular flexibility index (Phi) is 5.54. The molecule has 2 bridgehead atoms. The molecular formula is C34H28N2O5. The first-order chi connectivity index (χ1) is 19.9. The summed E-state index contributed by atoms with van der Waals surface area (Å²) in [6.45, 7) is 1.95. The predicted octanol–water partition coefficient (Wildman–Crippen LogP) is 5.74. The highest BCUT2D eigenvalue weighted by Gasteiger charge is 2.68. The van der Waals surface area contributed by atoms with E-state index in [9.17, 15) is 14.4 Å². The standard InChI is InChI=1S/C34H28N2O5/c1-34-29-24-10-6-4-8-22(24)28(23-9-5-7-11-25(23)29)30(34)32(38)36(33(34)39)20-14-12-19(13-15-20)31(37)35-26-17-16-21(40-2)18-27(26)41-3/h4-18,28-30H,1-3H3,(H,35,37)/t28?,29?,30-,34-/m0/s1. The van der Waals surface area contributed by atoms with Gasteiger partial charge in [-0.05, 0) is 65.6 Å². The van der Waals surface area contributed by atoms with Crippen LogP contribution in [-0.2, 0) is 9.59 Å². The largest absolute Gasteiger partial charge is 0.497 e. The Balaban J connectivity index is 1.21. The molecule has 8 rings (SSSR count). The Hall–Kier alpha value is -4.91. The maximum atomic E-state index is 14.3. The topological polar surface area (TPSA) is 84.9 Å². The lowest BCUT2D eigenvalue weighted by atomic mass is 9.48. The molecule has 0 saturated carbocycles. The highest BCUT2D eigenvalue weighted by molar-refractivity contribution is 6.25. The van der Waals surface area contributed by atoms with Crippen LogP contribution in [0, 0.1) is 11.3 Å². The summed E-state index contributed by atoms with van der Waals surface area (Å²) < 4.78 is 10.6. The number of nitrogens with zero attached hydrogens (tertiary/aromatic N) is 1. The number of rotatable bonds is 5. The van der Waals surface area contributed by atoms with E-state index in [1.807, 2.05) is 31.2 Å². The number of amides is 3. The van der Waals surface area contributed by atoms with Crippen molar-refractivity contribution >= 4 is 29.1 Å². The van der Waals surface area contributed by atoms with Crippen LogP contribution in [0.15, 0.2) is 91.0 Å². The molecule has 0 radical (unpaired) electrons. The van der Waals surface area contributed by atoms with Crippen LogP contribution in [0.5, 0.6) is 11.5 Å². The van der Waals surface area contributed by atoms with Gasteiger partial charge in [0.15, 0.2) is 0 Å². The molecule has 4 aromatic carbocycles. The molecule has 0 unspecified atom stereocenters. The van der Waals surface area contributed by atoms with E-state index in [2.05, 4.69) is 29.6 Å². The fourth-order valence-electron chi connectivity index (χ4n) is 7.22. The van der Waals surface area contributed by atoms with Crippen LogP contribution in [-0.4, -0.2) is 31.9 Å². The number of ether oxygens (including phenoxy) is 2. The predicted molar refractivity (Wildman–Crippen MR) is 155 cm³/mol. The smallest absolute Gasteiger partial charge is 0.255 e. The monoisotopic (exact) mass is 544 g/mol. The molecule has 4 aromatic rings. The minimum Gasteiger partial charge on any atom is -0.497 e. The number of methoxy groups -OCH3 is 2. The van der Waals surface area contributed by atoms with Crippen LogP contribution >= 0.6 is 0 Å². The first-order valence-corrected chi connectivity index (χ1v) is 13.6. The van der Waals surface area contributed by atoms with Crippen molar-refractivity contribution in [2.24, 2.45) is 11.3 Å². The van der Waals surface area contributed by atoms with Gasteiger partial charge in [-0.15, -0.1) is 0 Å². The number of nitrogens with one attached hydrogen (secondary N) is 1. The Bertz CT molecular complexity index is 1700. The van der Waals surface area contributed by atoms with E-state index < -0.39 is 11.3 Å². The van der Waals surface area contributed by atoms with Crippen molar-refractivity contribution < 1.29 is 23.9 Å². The summed E-state index contributed by atoms with van der Waals surface area (Å²) in [5.41, 5.74) is 4.93. The van der Waals surface area contributed by atoms with Gasteiger partial charge in [-0.2, -0.15) is 0 Å². The summed E-state index contributed by atoms with van der Waals surface area (Å²) >= 11 is 0. The zero-order valence-corrected chi connectivity index (χ0v) is 22.9. The van der Waals surface area contributed by atoms with Gasteiger partial charge in [-0.3, -0.25) is 14.4 Å². The van der Waals surface area contributed by atoms with E-state index >= 15 is 0 Å². The molecule has 1 saturated heterocycles. The SMILES string of the molecule is COc1ccc(NC(=O)c2ccc(N3C(=O)[C@@H]4C5c6ccccc6C(c6ccccc65)[C@]4(C)C3=O)cc2)c(OC)c1. The van der Waals surface area contributed by atoms with Crippen LogP contribution in [0.3, 0.4) is 0 Å². The Labute approximate surface area is 237 Å². The number of imide groups is 1. The fourth-order valence-corrected chi connectivity index (χ4v) is 7.22. The van der Waals surface area contributed by atoms with Gasteiger partial charge < -0.3 is 14.8 Å². The average molecular weight is 545 g/mol. The molecule has 4 aliphatic rings. The Morgan fingerprint density at radius 3 is 2.00 bits per heavy atom. The maximum Gasteiger partial charge on any atom is 0.255 e. The third-order valence-corrected chi connectivity index (χ3v) is 9.06. The van der Waals surface area contributed by atoms with Crippen LogP contribution in [0.25, 0.3) is 0 Å². The van der Waals surface area contributed by atoms with Crippen molar-refractivity contribution in [1.82, 2.24) is 0 Å². The van der Waals surface area contributed by atoms with Crippen molar-refractivity contribution in [3.8, 4) is 11.5 Å². The third-order valence-electron chi connectivity index (χ3n) is 9.06. The summed E-state index contributed by atoms with van der Waals surface area (Å²) in [6.07, 6.45) is 0. The van der Waals surface area contributed by atoms with Crippen LogP contribution in [0.4, 0.5) is 11.4 Å². The second kappa shape index (κ2) is 9.06. The normalized spacial score (nSPS) is 23.5. The molecule has 3 aliphatic carbocycles. The Morgan fingerprint density at radius 1 is 0.805 bits per heavy atom. The van der Waals surface area contributed by atoms with E-state index in [0.717, 1.165) is 22.3 Å². The van der Waals surface area contributed by atoms with Gasteiger partial charge in [0, 0.05) is 23.5 Å². The lowest BCUT2D eigenvalue weighted by Crippen LogP contribution is -2.49. The van der Waals surface area contributed by atoms with Crippen LogP contribution < -0.4 is 19.7 Å². The molecule has 41 heavy (non-hydrogen) atoms. The van der Waals surface area contributed by atoms with Crippen LogP contribution in [0.2, 0.25) is 0 Å². The summed E-state index contributed by atoms with van der Waals surface area (Å²) in [6, 6.07) is 28.1. The van der Waals surface area contributed by atoms with Gasteiger partial charge >= 0.3 is 0 Å². The highest BCUT2D eigenvalue weighted by Crippen LogP contribution is 2.67. The summed E-state index contributed by atoms with van der Waals surface area (Å²) in [5, 5.41) is 2.86. The molecule has 1 fully saturated rings. The molecule has 1 N–H and O–H groups in total. The molecule has 7 nitrogen and oxygen atoms in total. The third kappa shape index (κ3) is 3.41. The maximum absolute atomic E-state index is 14.3. The first kappa shape index (κ1) is 25.1. The van der Waals surface area contributed by atoms with Gasteiger partial charge in [0.25, 0.3) is 5.91 Å². The number of hydrogen-bond donors (Lipinski definition) is 1. The number of carbonyl (C=O) groups excluding carboxylic acids is 3. The van der Waals surface area contributed by atoms with E-state index in [1.54, 1.807) is 49.6 Å². The molecule has 1 aliphatic heterocycles. The van der Waals surface area contributed by atoms with Crippen molar-refractivity contribution in [1.29, 1.82) is 0 Å². The minimum absolute atomic E-state index is 0.191. The van der Waals surface area contributed by atoms with Crippen molar-refractivity contribution in [3.05, 3.63) is 119 Å². The molecule has 204 valence electrons. The quantitative estimate of drug-likeness (QED) is 0.324. The summed E-state index contributed by atoms with van der Waals surface area (Å²) in [5.74, 6) is -0.574. The number of carbonyl (C=O) groups is 3. The van der Waals surface area contributed by atoms with E-state index in [1.165, 1.54) is 12.0 Å². The molecular weight excluding hydrogens is 516 g/mol. The van der Waals surface area contributed by atoms with Gasteiger partial charge in [-0.25, -0.2) is 4.90 Å². The number of hydrogen-bond acceptors (Lipinski definition) is 5. The average Bonchev–Trinajstić information content (AvgIpc) is 3.22. The highest BCUT2D eigenvalue weighted by atomic mass is 16.5. The molecule has 1 heterocycles. The van der Waals surface area contributed by atoms with Gasteiger partial charge in [-0.1, -0.05) is 48.5 Å². The van der Waals surface area contributed by atoms with Crippen molar-refractivity contribution in [3.63, 3.8) is 0 Å². The fraction of sp³-hybridized carbons (Fsp3) is 0.206. The minimum atomic E-state index is -0.911. The van der Waals surface area contributed by atoms with Gasteiger partial charge in [0.05, 0.1) is 36.9 Å². The number of benzene rings is 4.